The standard InChI is InChI=1S/C25H32N2O2S/c1-19-13-15-20(16-14-19)17-26-25(29)22-11-7-8-12-23(22)30-18-24(28)27-21-9-5-3-2-4-6-10-21/h7-8,11-16,21H,2-6,9-10,17-18H2,1H3,(H,26,29)(H,27,28). The number of carbonyl (C=O) groups excluding carboxylic acids is 2. The fourth-order valence-electron chi connectivity index (χ4n) is 3.78. The first-order valence-corrected chi connectivity index (χ1v) is 12.0. The molecule has 0 bridgehead atoms. The van der Waals surface area contributed by atoms with Crippen LogP contribution in [0.1, 0.15) is 66.4 Å². The van der Waals surface area contributed by atoms with Crippen molar-refractivity contribution in [2.45, 2.75) is 69.4 Å². The van der Waals surface area contributed by atoms with Crippen LogP contribution in [-0.4, -0.2) is 23.6 Å². The van der Waals surface area contributed by atoms with Gasteiger partial charge in [-0.1, -0.05) is 74.1 Å². The number of carbonyl (C=O) groups is 2. The number of rotatable bonds is 7. The molecule has 2 aromatic rings. The van der Waals surface area contributed by atoms with Crippen molar-refractivity contribution in [1.82, 2.24) is 10.6 Å². The van der Waals surface area contributed by atoms with Crippen molar-refractivity contribution >= 4 is 23.6 Å². The maximum absolute atomic E-state index is 12.7. The molecule has 2 N–H and O–H groups in total. The summed E-state index contributed by atoms with van der Waals surface area (Å²) in [5.74, 6) is 0.276. The zero-order valence-electron chi connectivity index (χ0n) is 17.8. The topological polar surface area (TPSA) is 58.2 Å². The Labute approximate surface area is 184 Å². The van der Waals surface area contributed by atoms with Crippen LogP contribution in [0, 0.1) is 6.92 Å². The van der Waals surface area contributed by atoms with Crippen molar-refractivity contribution in [3.63, 3.8) is 0 Å². The Hall–Kier alpha value is -2.27. The van der Waals surface area contributed by atoms with Gasteiger partial charge < -0.3 is 10.6 Å². The van der Waals surface area contributed by atoms with Crippen LogP contribution in [0.3, 0.4) is 0 Å². The summed E-state index contributed by atoms with van der Waals surface area (Å²) >= 11 is 1.43. The van der Waals surface area contributed by atoms with Crippen molar-refractivity contribution in [3.05, 3.63) is 65.2 Å². The van der Waals surface area contributed by atoms with Gasteiger partial charge in [0.2, 0.25) is 5.91 Å². The minimum absolute atomic E-state index is 0.0560. The highest BCUT2D eigenvalue weighted by atomic mass is 32.2. The van der Waals surface area contributed by atoms with Crippen LogP contribution in [0.5, 0.6) is 0 Å². The number of hydrogen-bond donors (Lipinski definition) is 2. The first-order chi connectivity index (χ1) is 14.6. The molecular weight excluding hydrogens is 392 g/mol. The highest BCUT2D eigenvalue weighted by molar-refractivity contribution is 8.00. The molecule has 2 aromatic carbocycles. The van der Waals surface area contributed by atoms with Gasteiger partial charge in [-0.05, 0) is 37.5 Å². The van der Waals surface area contributed by atoms with Gasteiger partial charge in [0.1, 0.15) is 0 Å². The molecule has 4 nitrogen and oxygen atoms in total. The third kappa shape index (κ3) is 7.21. The third-order valence-electron chi connectivity index (χ3n) is 5.53. The monoisotopic (exact) mass is 424 g/mol. The minimum atomic E-state index is -0.112. The molecule has 1 aliphatic rings. The Bertz CT molecular complexity index is 827. The Morgan fingerprint density at radius 3 is 2.33 bits per heavy atom. The van der Waals surface area contributed by atoms with Gasteiger partial charge in [0.05, 0.1) is 11.3 Å². The zero-order chi connectivity index (χ0) is 21.2. The molecule has 1 aliphatic carbocycles. The minimum Gasteiger partial charge on any atom is -0.353 e. The van der Waals surface area contributed by atoms with E-state index in [9.17, 15) is 9.59 Å². The van der Waals surface area contributed by atoms with Gasteiger partial charge in [-0.15, -0.1) is 11.8 Å². The smallest absolute Gasteiger partial charge is 0.252 e. The maximum Gasteiger partial charge on any atom is 0.252 e. The summed E-state index contributed by atoms with van der Waals surface area (Å²) in [5.41, 5.74) is 2.88. The second kappa shape index (κ2) is 11.8. The van der Waals surface area contributed by atoms with Crippen molar-refractivity contribution in [2.24, 2.45) is 0 Å². The van der Waals surface area contributed by atoms with Gasteiger partial charge in [0.25, 0.3) is 5.91 Å². The fraction of sp³-hybridized carbons (Fsp3) is 0.440. The lowest BCUT2D eigenvalue weighted by molar-refractivity contribution is -0.119. The summed E-state index contributed by atoms with van der Waals surface area (Å²) < 4.78 is 0. The first kappa shape index (κ1) is 22.4. The Balaban J connectivity index is 1.51. The average Bonchev–Trinajstić information content (AvgIpc) is 2.73. The predicted octanol–water partition coefficient (Wildman–Crippen LogP) is 5.25. The Kier molecular flexibility index (Phi) is 8.81. The van der Waals surface area contributed by atoms with Gasteiger partial charge in [0, 0.05) is 17.5 Å². The normalized spacial score (nSPS) is 15.1. The van der Waals surface area contributed by atoms with Crippen molar-refractivity contribution in [3.8, 4) is 0 Å². The van der Waals surface area contributed by atoms with Crippen LogP contribution in [0.2, 0.25) is 0 Å². The average molecular weight is 425 g/mol. The molecule has 30 heavy (non-hydrogen) atoms. The summed E-state index contributed by atoms with van der Waals surface area (Å²) in [7, 11) is 0. The lowest BCUT2D eigenvalue weighted by atomic mass is 9.97. The van der Waals surface area contributed by atoms with E-state index in [-0.39, 0.29) is 11.8 Å². The summed E-state index contributed by atoms with van der Waals surface area (Å²) in [4.78, 5) is 26.0. The molecule has 0 heterocycles. The SMILES string of the molecule is Cc1ccc(CNC(=O)c2ccccc2SCC(=O)NC2CCCCCCC2)cc1. The van der Waals surface area contributed by atoms with Gasteiger partial charge >= 0.3 is 0 Å². The van der Waals surface area contributed by atoms with E-state index in [4.69, 9.17) is 0 Å². The molecule has 0 aliphatic heterocycles. The van der Waals surface area contributed by atoms with E-state index in [0.717, 1.165) is 23.3 Å². The molecule has 3 rings (SSSR count). The van der Waals surface area contributed by atoms with E-state index >= 15 is 0 Å². The number of aryl methyl sites for hydroxylation is 1. The predicted molar refractivity (Wildman–Crippen MR) is 124 cm³/mol. The van der Waals surface area contributed by atoms with Crippen molar-refractivity contribution in [1.29, 1.82) is 0 Å². The van der Waals surface area contributed by atoms with Gasteiger partial charge in [-0.2, -0.15) is 0 Å². The molecule has 0 atom stereocenters. The summed E-state index contributed by atoms with van der Waals surface area (Å²) in [5, 5.41) is 6.18. The molecule has 5 heteroatoms. The molecule has 2 amide bonds. The second-order valence-electron chi connectivity index (χ2n) is 8.06. The Morgan fingerprint density at radius 2 is 1.60 bits per heavy atom. The van der Waals surface area contributed by atoms with Crippen LogP contribution in [0.15, 0.2) is 53.4 Å². The van der Waals surface area contributed by atoms with E-state index in [2.05, 4.69) is 10.6 Å². The number of benzene rings is 2. The van der Waals surface area contributed by atoms with Gasteiger partial charge in [-0.3, -0.25) is 9.59 Å². The second-order valence-corrected chi connectivity index (χ2v) is 9.08. The first-order valence-electron chi connectivity index (χ1n) is 11.0. The summed E-state index contributed by atoms with van der Waals surface area (Å²) in [6.07, 6.45) is 8.41. The number of nitrogens with one attached hydrogen (secondary N) is 2. The van der Waals surface area contributed by atoms with Gasteiger partial charge in [-0.25, -0.2) is 0 Å². The molecule has 0 unspecified atom stereocenters. The van der Waals surface area contributed by atoms with Crippen molar-refractivity contribution < 1.29 is 9.59 Å². The van der Waals surface area contributed by atoms with Crippen LogP contribution in [-0.2, 0) is 11.3 Å². The van der Waals surface area contributed by atoms with Gasteiger partial charge in [0.15, 0.2) is 0 Å². The van der Waals surface area contributed by atoms with Crippen LogP contribution < -0.4 is 10.6 Å². The van der Waals surface area contributed by atoms with E-state index in [1.807, 2.05) is 55.5 Å². The zero-order valence-corrected chi connectivity index (χ0v) is 18.6. The largest absolute Gasteiger partial charge is 0.353 e. The molecule has 0 spiro atoms. The quantitative estimate of drug-likeness (QED) is 0.597. The molecular formula is C25H32N2O2S. The molecule has 160 valence electrons. The molecule has 1 saturated carbocycles. The van der Waals surface area contributed by atoms with E-state index in [0.29, 0.717) is 23.9 Å². The highest BCUT2D eigenvalue weighted by Gasteiger charge is 2.16. The lowest BCUT2D eigenvalue weighted by Gasteiger charge is -2.21. The van der Waals surface area contributed by atoms with E-state index in [1.165, 1.54) is 49.4 Å². The summed E-state index contributed by atoms with van der Waals surface area (Å²) in [6.45, 7) is 2.53. The number of thioether (sulfide) groups is 1. The van der Waals surface area contributed by atoms with Crippen LogP contribution in [0.25, 0.3) is 0 Å². The summed E-state index contributed by atoms with van der Waals surface area (Å²) in [6, 6.07) is 15.9. The van der Waals surface area contributed by atoms with Crippen molar-refractivity contribution in [2.75, 3.05) is 5.75 Å². The highest BCUT2D eigenvalue weighted by Crippen LogP contribution is 2.23. The van der Waals surface area contributed by atoms with E-state index in [1.54, 1.807) is 0 Å². The van der Waals surface area contributed by atoms with Crippen LogP contribution >= 0.6 is 11.8 Å². The van der Waals surface area contributed by atoms with E-state index < -0.39 is 0 Å². The molecule has 0 aromatic heterocycles. The number of amides is 2. The molecule has 1 fully saturated rings. The number of hydrogen-bond acceptors (Lipinski definition) is 3. The molecule has 0 radical (unpaired) electrons. The molecule has 0 saturated heterocycles. The van der Waals surface area contributed by atoms with Crippen LogP contribution in [0.4, 0.5) is 0 Å². The Morgan fingerprint density at radius 1 is 0.933 bits per heavy atom. The maximum atomic E-state index is 12.7. The fourth-order valence-corrected chi connectivity index (χ4v) is 4.64. The lowest BCUT2D eigenvalue weighted by Crippen LogP contribution is -2.36. The third-order valence-corrected chi connectivity index (χ3v) is 6.61.